The molecule has 170 valence electrons. The molecule has 15 heteroatoms. The number of hydrogen-bond acceptors (Lipinski definition) is 11. The number of carboxylic acid groups (broad SMARTS) is 2. The van der Waals surface area contributed by atoms with Crippen LogP contribution in [0.25, 0.3) is 0 Å². The number of carboxylic acids is 2. The van der Waals surface area contributed by atoms with E-state index in [1.165, 1.54) is 28.9 Å². The minimum absolute atomic E-state index is 0.0465. The molecular weight excluding hydrogens is 482 g/mol. The maximum atomic E-state index is 12.8. The smallest absolute Gasteiger partial charge is 0.352 e. The minimum atomic E-state index is -1.30. The number of nitrogens with one attached hydrogen (secondary N) is 1. The van der Waals surface area contributed by atoms with E-state index < -0.39 is 41.8 Å². The van der Waals surface area contributed by atoms with E-state index in [1.54, 1.807) is 5.41 Å². The Hall–Kier alpha value is -3.04. The molecule has 1 fully saturated rings. The van der Waals surface area contributed by atoms with E-state index in [9.17, 15) is 24.3 Å². The molecule has 12 nitrogen and oxygen atoms in total. The van der Waals surface area contributed by atoms with Gasteiger partial charge in [0.1, 0.15) is 22.8 Å². The number of nitrogen functional groups attached to an aromatic ring is 1. The Bertz CT molecular complexity index is 1040. The SMILES string of the molecule is C=CSCC1=C(C(=O)O)N2C(=O)C(NC(=O)C(=NOCC(=O)O)c3csc(N)n3)[C@H]2SC1. The summed E-state index contributed by atoms with van der Waals surface area (Å²) < 4.78 is 0. The molecule has 2 aliphatic rings. The van der Waals surface area contributed by atoms with Crippen molar-refractivity contribution in [2.75, 3.05) is 23.8 Å². The van der Waals surface area contributed by atoms with Gasteiger partial charge in [-0.05, 0) is 11.0 Å². The predicted octanol–water partition coefficient (Wildman–Crippen LogP) is 0.146. The van der Waals surface area contributed by atoms with Crippen LogP contribution in [-0.4, -0.2) is 79.1 Å². The van der Waals surface area contributed by atoms with E-state index >= 15 is 0 Å². The predicted molar refractivity (Wildman–Crippen MR) is 119 cm³/mol. The van der Waals surface area contributed by atoms with Crippen LogP contribution in [0.1, 0.15) is 5.69 Å². The summed E-state index contributed by atoms with van der Waals surface area (Å²) in [7, 11) is 0. The number of anilines is 1. The third-order valence-electron chi connectivity index (χ3n) is 4.24. The number of carbonyl (C=O) groups excluding carboxylic acids is 2. The Balaban J connectivity index is 1.78. The summed E-state index contributed by atoms with van der Waals surface area (Å²) in [5, 5.41) is 26.9. The van der Waals surface area contributed by atoms with E-state index in [0.717, 1.165) is 16.2 Å². The highest BCUT2D eigenvalue weighted by Gasteiger charge is 2.54. The Morgan fingerprint density at radius 2 is 2.22 bits per heavy atom. The summed E-state index contributed by atoms with van der Waals surface area (Å²) in [6.07, 6.45) is 0. The Kier molecular flexibility index (Phi) is 7.42. The van der Waals surface area contributed by atoms with Crippen LogP contribution >= 0.6 is 34.9 Å². The molecule has 0 radical (unpaired) electrons. The van der Waals surface area contributed by atoms with Crippen LogP contribution in [0.5, 0.6) is 0 Å². The summed E-state index contributed by atoms with van der Waals surface area (Å²) in [5.41, 5.74) is 5.77. The number of thiazole rings is 1. The molecule has 0 bridgehead atoms. The van der Waals surface area contributed by atoms with E-state index in [4.69, 9.17) is 10.8 Å². The number of β-lactam (4-membered cyclic amide) rings is 1. The van der Waals surface area contributed by atoms with Crippen LogP contribution in [-0.2, 0) is 24.0 Å². The topological polar surface area (TPSA) is 185 Å². The van der Waals surface area contributed by atoms with Crippen molar-refractivity contribution in [3.8, 4) is 0 Å². The maximum absolute atomic E-state index is 12.8. The van der Waals surface area contributed by atoms with Crippen molar-refractivity contribution in [3.05, 3.63) is 34.3 Å². The van der Waals surface area contributed by atoms with Crippen LogP contribution < -0.4 is 11.1 Å². The maximum Gasteiger partial charge on any atom is 0.352 e. The van der Waals surface area contributed by atoms with Gasteiger partial charge in [-0.1, -0.05) is 11.7 Å². The van der Waals surface area contributed by atoms with Gasteiger partial charge in [0.05, 0.1) is 0 Å². The molecule has 1 aromatic heterocycles. The molecule has 3 heterocycles. The van der Waals surface area contributed by atoms with Gasteiger partial charge < -0.3 is 26.1 Å². The number of thioether (sulfide) groups is 2. The number of aromatic nitrogens is 1. The molecule has 32 heavy (non-hydrogen) atoms. The zero-order valence-electron chi connectivity index (χ0n) is 16.2. The molecule has 0 spiro atoms. The Labute approximate surface area is 193 Å². The summed E-state index contributed by atoms with van der Waals surface area (Å²) in [6, 6.07) is -1.00. The average Bonchev–Trinajstić information content (AvgIpc) is 3.17. The van der Waals surface area contributed by atoms with Crippen LogP contribution in [0.4, 0.5) is 5.13 Å². The molecule has 0 aliphatic carbocycles. The second-order valence-electron chi connectivity index (χ2n) is 6.27. The van der Waals surface area contributed by atoms with E-state index in [1.807, 2.05) is 0 Å². The molecule has 0 aromatic carbocycles. The normalized spacial score (nSPS) is 20.3. The summed E-state index contributed by atoms with van der Waals surface area (Å²) in [6.45, 7) is 2.80. The molecular formula is C17H17N5O7S3. The summed E-state index contributed by atoms with van der Waals surface area (Å²) >= 11 is 3.67. The zero-order valence-corrected chi connectivity index (χ0v) is 18.7. The number of rotatable bonds is 10. The number of aliphatic carboxylic acids is 2. The van der Waals surface area contributed by atoms with Crippen molar-refractivity contribution in [1.82, 2.24) is 15.2 Å². The van der Waals surface area contributed by atoms with Gasteiger partial charge in [0.15, 0.2) is 10.8 Å². The summed E-state index contributed by atoms with van der Waals surface area (Å²) in [4.78, 5) is 57.7. The lowest BCUT2D eigenvalue weighted by Gasteiger charge is -2.49. The lowest BCUT2D eigenvalue weighted by Crippen LogP contribution is -2.71. The van der Waals surface area contributed by atoms with Crippen LogP contribution in [0.3, 0.4) is 0 Å². The van der Waals surface area contributed by atoms with E-state index in [2.05, 4.69) is 26.9 Å². The third-order valence-corrected chi connectivity index (χ3v) is 7.00. The van der Waals surface area contributed by atoms with Crippen molar-refractivity contribution in [1.29, 1.82) is 0 Å². The molecule has 1 unspecified atom stereocenters. The fourth-order valence-corrected chi connectivity index (χ4v) is 5.50. The van der Waals surface area contributed by atoms with Crippen molar-refractivity contribution >= 4 is 69.5 Å². The average molecular weight is 500 g/mol. The van der Waals surface area contributed by atoms with Gasteiger partial charge in [-0.3, -0.25) is 14.5 Å². The number of oxime groups is 1. The Morgan fingerprint density at radius 1 is 1.47 bits per heavy atom. The fraction of sp³-hybridized carbons (Fsp3) is 0.294. The molecule has 2 amide bonds. The molecule has 2 atom stereocenters. The van der Waals surface area contributed by atoms with Crippen LogP contribution in [0.15, 0.2) is 33.8 Å². The second kappa shape index (κ2) is 10.1. The molecule has 1 aromatic rings. The largest absolute Gasteiger partial charge is 0.479 e. The van der Waals surface area contributed by atoms with Gasteiger partial charge in [0.2, 0.25) is 6.61 Å². The lowest BCUT2D eigenvalue weighted by molar-refractivity contribution is -0.150. The van der Waals surface area contributed by atoms with Gasteiger partial charge in [0.25, 0.3) is 11.8 Å². The van der Waals surface area contributed by atoms with Crippen molar-refractivity contribution < 1.29 is 34.2 Å². The lowest BCUT2D eigenvalue weighted by atomic mass is 10.0. The Morgan fingerprint density at radius 3 is 2.81 bits per heavy atom. The number of hydrogen-bond donors (Lipinski definition) is 4. The van der Waals surface area contributed by atoms with Gasteiger partial charge in [-0.25, -0.2) is 14.6 Å². The molecule has 1 saturated heterocycles. The highest BCUT2D eigenvalue weighted by molar-refractivity contribution is 8.02. The number of amides is 2. The van der Waals surface area contributed by atoms with Crippen LogP contribution in [0, 0.1) is 0 Å². The molecule has 0 saturated carbocycles. The summed E-state index contributed by atoms with van der Waals surface area (Å²) in [5.74, 6) is -3.20. The molecule has 5 N–H and O–H groups in total. The van der Waals surface area contributed by atoms with Crippen molar-refractivity contribution in [2.24, 2.45) is 5.16 Å². The number of carbonyl (C=O) groups is 4. The van der Waals surface area contributed by atoms with Crippen LogP contribution in [0.2, 0.25) is 0 Å². The zero-order chi connectivity index (χ0) is 23.4. The number of fused-ring (bicyclic) bond motifs is 1. The van der Waals surface area contributed by atoms with E-state index in [0.29, 0.717) is 17.1 Å². The van der Waals surface area contributed by atoms with Gasteiger partial charge in [-0.15, -0.1) is 34.9 Å². The van der Waals surface area contributed by atoms with Gasteiger partial charge >= 0.3 is 11.9 Å². The third kappa shape index (κ3) is 4.89. The monoisotopic (exact) mass is 499 g/mol. The molecule has 2 aliphatic heterocycles. The first-order valence-corrected chi connectivity index (χ1v) is 11.8. The first-order valence-electron chi connectivity index (χ1n) is 8.81. The number of nitrogens with zero attached hydrogens (tertiary/aromatic N) is 3. The minimum Gasteiger partial charge on any atom is -0.479 e. The van der Waals surface area contributed by atoms with Crippen molar-refractivity contribution in [2.45, 2.75) is 11.4 Å². The molecule has 3 rings (SSSR count). The van der Waals surface area contributed by atoms with Gasteiger partial charge in [0, 0.05) is 16.9 Å². The first-order chi connectivity index (χ1) is 15.2. The first kappa shape index (κ1) is 23.6. The standard InChI is InChI=1S/C17H17N5O7S3/c1-2-30-4-7-5-31-15-11(14(26)22(15)12(7)16(27)28)20-13(25)10(21-29-3-9(23)24)8-6-32-17(18)19-8/h2,6,11,15H,1,3-5H2,(H2,18,19)(H,20,25)(H,23,24)(H,27,28)/t11?,15-/m1/s1. The second-order valence-corrected chi connectivity index (χ2v) is 9.22. The highest BCUT2D eigenvalue weighted by atomic mass is 32.2. The van der Waals surface area contributed by atoms with Gasteiger partial charge in [-0.2, -0.15) is 0 Å². The highest BCUT2D eigenvalue weighted by Crippen LogP contribution is 2.41. The van der Waals surface area contributed by atoms with E-state index in [-0.39, 0.29) is 22.2 Å². The number of nitrogens with two attached hydrogens (primary N) is 1. The quantitative estimate of drug-likeness (QED) is 0.195. The fourth-order valence-electron chi connectivity index (χ4n) is 2.92. The van der Waals surface area contributed by atoms with Crippen molar-refractivity contribution in [3.63, 3.8) is 0 Å².